The first-order chi connectivity index (χ1) is 8.69. The van der Waals surface area contributed by atoms with Gasteiger partial charge in [0.05, 0.1) is 6.61 Å². The summed E-state index contributed by atoms with van der Waals surface area (Å²) in [4.78, 5) is 22.4. The van der Waals surface area contributed by atoms with Gasteiger partial charge in [0.25, 0.3) is 0 Å². The molecule has 1 atom stereocenters. The molecule has 0 bridgehead atoms. The Morgan fingerprint density at radius 1 is 1.42 bits per heavy atom. The number of hydrogen-bond acceptors (Lipinski definition) is 3. The molecule has 1 amide bonds. The average Bonchev–Trinajstić information content (AvgIpc) is 2.24. The summed E-state index contributed by atoms with van der Waals surface area (Å²) in [6, 6.07) is -0.923. The number of carbonyl (C=O) groups excluding carboxylic acids is 1. The van der Waals surface area contributed by atoms with Crippen molar-refractivity contribution in [3.63, 3.8) is 0 Å². The van der Waals surface area contributed by atoms with E-state index in [-0.39, 0.29) is 17.9 Å². The Kier molecular flexibility index (Phi) is 7.19. The zero-order valence-corrected chi connectivity index (χ0v) is 12.2. The molecular weight excluding hydrogens is 246 g/mol. The first-order valence-electron chi connectivity index (χ1n) is 6.46. The monoisotopic (exact) mass is 271 g/mol. The zero-order valence-electron chi connectivity index (χ0n) is 12.2. The molecule has 0 fully saturated rings. The Morgan fingerprint density at radius 2 is 2.00 bits per heavy atom. The second-order valence-electron chi connectivity index (χ2n) is 5.75. The number of carbonyl (C=O) groups is 2. The van der Waals surface area contributed by atoms with Crippen LogP contribution in [0.25, 0.3) is 0 Å². The van der Waals surface area contributed by atoms with Crippen LogP contribution in [0.15, 0.2) is 12.7 Å². The Balaban J connectivity index is 4.12. The fourth-order valence-electron chi connectivity index (χ4n) is 1.60. The van der Waals surface area contributed by atoms with Crippen molar-refractivity contribution in [2.45, 2.75) is 46.6 Å². The van der Waals surface area contributed by atoms with E-state index >= 15 is 0 Å². The molecule has 0 aromatic rings. The Labute approximate surface area is 115 Å². The van der Waals surface area contributed by atoms with Crippen molar-refractivity contribution in [1.82, 2.24) is 5.32 Å². The van der Waals surface area contributed by atoms with Crippen molar-refractivity contribution in [2.75, 3.05) is 6.61 Å². The molecule has 110 valence electrons. The number of amides is 1. The number of carboxylic acids is 1. The first kappa shape index (κ1) is 17.5. The highest BCUT2D eigenvalue weighted by Crippen LogP contribution is 2.24. The van der Waals surface area contributed by atoms with Gasteiger partial charge in [-0.05, 0) is 24.2 Å². The normalized spacial score (nSPS) is 12.9. The fourth-order valence-corrected chi connectivity index (χ4v) is 1.60. The third-order valence-corrected chi connectivity index (χ3v) is 2.91. The minimum Gasteiger partial charge on any atom is -0.480 e. The van der Waals surface area contributed by atoms with Crippen LogP contribution < -0.4 is 5.32 Å². The van der Waals surface area contributed by atoms with Gasteiger partial charge in [0, 0.05) is 0 Å². The number of aliphatic carboxylic acids is 1. The van der Waals surface area contributed by atoms with E-state index in [9.17, 15) is 9.59 Å². The van der Waals surface area contributed by atoms with Gasteiger partial charge in [0.1, 0.15) is 6.04 Å². The summed E-state index contributed by atoms with van der Waals surface area (Å²) in [7, 11) is 0. The molecule has 0 aromatic heterocycles. The lowest BCUT2D eigenvalue weighted by molar-refractivity contribution is -0.140. The van der Waals surface area contributed by atoms with E-state index in [1.165, 1.54) is 0 Å². The third kappa shape index (κ3) is 7.49. The molecule has 0 aromatic carbocycles. The van der Waals surface area contributed by atoms with Crippen molar-refractivity contribution >= 4 is 12.1 Å². The number of hydrogen-bond donors (Lipinski definition) is 2. The molecule has 0 saturated carbocycles. The molecule has 0 heterocycles. The molecule has 0 aliphatic rings. The summed E-state index contributed by atoms with van der Waals surface area (Å²) in [5.41, 5.74) is 0.0201. The fraction of sp³-hybridized carbons (Fsp3) is 0.714. The highest BCUT2D eigenvalue weighted by molar-refractivity contribution is 5.80. The van der Waals surface area contributed by atoms with Crippen molar-refractivity contribution in [3.05, 3.63) is 12.7 Å². The van der Waals surface area contributed by atoms with Crippen LogP contribution in [-0.2, 0) is 9.53 Å². The van der Waals surface area contributed by atoms with Crippen LogP contribution in [0.4, 0.5) is 4.79 Å². The van der Waals surface area contributed by atoms with E-state index in [1.807, 2.05) is 6.08 Å². The van der Waals surface area contributed by atoms with Crippen LogP contribution in [0, 0.1) is 11.3 Å². The van der Waals surface area contributed by atoms with Crippen molar-refractivity contribution in [1.29, 1.82) is 0 Å². The van der Waals surface area contributed by atoms with E-state index in [1.54, 1.807) is 13.8 Å². The lowest BCUT2D eigenvalue weighted by atomic mass is 9.86. The van der Waals surface area contributed by atoms with E-state index < -0.39 is 18.1 Å². The van der Waals surface area contributed by atoms with Crippen LogP contribution in [-0.4, -0.2) is 29.8 Å². The van der Waals surface area contributed by atoms with Crippen LogP contribution in [0.5, 0.6) is 0 Å². The van der Waals surface area contributed by atoms with Gasteiger partial charge >= 0.3 is 12.1 Å². The maximum atomic E-state index is 11.5. The van der Waals surface area contributed by atoms with Crippen molar-refractivity contribution in [2.24, 2.45) is 11.3 Å². The van der Waals surface area contributed by atoms with E-state index in [4.69, 9.17) is 9.84 Å². The van der Waals surface area contributed by atoms with E-state index in [0.29, 0.717) is 6.42 Å². The van der Waals surface area contributed by atoms with Gasteiger partial charge in [0.15, 0.2) is 0 Å². The summed E-state index contributed by atoms with van der Waals surface area (Å²) in [6.07, 6.45) is 2.68. The van der Waals surface area contributed by atoms with Gasteiger partial charge < -0.3 is 15.2 Å². The topological polar surface area (TPSA) is 75.6 Å². The highest BCUT2D eigenvalue weighted by atomic mass is 16.5. The van der Waals surface area contributed by atoms with Crippen LogP contribution in [0.3, 0.4) is 0 Å². The molecule has 0 radical (unpaired) electrons. The molecule has 2 N–H and O–H groups in total. The minimum absolute atomic E-state index is 0.0201. The molecule has 19 heavy (non-hydrogen) atoms. The second kappa shape index (κ2) is 7.81. The Morgan fingerprint density at radius 3 is 2.42 bits per heavy atom. The smallest absolute Gasteiger partial charge is 0.407 e. The van der Waals surface area contributed by atoms with Crippen LogP contribution in [0.1, 0.15) is 40.5 Å². The van der Waals surface area contributed by atoms with E-state index in [0.717, 1.165) is 6.42 Å². The lowest BCUT2D eigenvalue weighted by Gasteiger charge is -2.23. The number of nitrogens with one attached hydrogen (secondary N) is 1. The summed E-state index contributed by atoms with van der Waals surface area (Å²) in [5, 5.41) is 11.3. The molecule has 5 nitrogen and oxygen atoms in total. The van der Waals surface area contributed by atoms with E-state index in [2.05, 4.69) is 25.7 Å². The summed E-state index contributed by atoms with van der Waals surface area (Å²) in [5.74, 6) is -1.25. The molecule has 1 unspecified atom stereocenters. The molecule has 0 aliphatic carbocycles. The minimum atomic E-state index is -1.06. The van der Waals surface area contributed by atoms with Gasteiger partial charge in [-0.2, -0.15) is 0 Å². The average molecular weight is 271 g/mol. The van der Waals surface area contributed by atoms with Crippen molar-refractivity contribution < 1.29 is 19.4 Å². The van der Waals surface area contributed by atoms with Crippen LogP contribution >= 0.6 is 0 Å². The quantitative estimate of drug-likeness (QED) is 0.666. The predicted octanol–water partition coefficient (Wildman–Crippen LogP) is 2.81. The predicted molar refractivity (Wildman–Crippen MR) is 74.0 cm³/mol. The largest absolute Gasteiger partial charge is 0.480 e. The van der Waals surface area contributed by atoms with Gasteiger partial charge in [-0.1, -0.05) is 33.8 Å². The molecule has 0 rings (SSSR count). The molecule has 0 aliphatic heterocycles. The lowest BCUT2D eigenvalue weighted by Crippen LogP contribution is -2.44. The summed E-state index contributed by atoms with van der Waals surface area (Å²) < 4.78 is 5.01. The first-order valence-corrected chi connectivity index (χ1v) is 6.46. The zero-order chi connectivity index (χ0) is 15.1. The molecule has 0 spiro atoms. The van der Waals surface area contributed by atoms with Gasteiger partial charge in [-0.25, -0.2) is 9.59 Å². The molecule has 5 heteroatoms. The van der Waals surface area contributed by atoms with Crippen LogP contribution in [0.2, 0.25) is 0 Å². The summed E-state index contributed by atoms with van der Waals surface area (Å²) in [6.45, 7) is 11.5. The standard InChI is InChI=1S/C14H25NO4/c1-6-7-14(4,5)8-9-19-13(18)15-11(10(2)3)12(16)17/h6,10-11H,1,7-9H2,2-5H3,(H,15,18)(H,16,17). The SMILES string of the molecule is C=CCC(C)(C)CCOC(=O)NC(C(=O)O)C(C)C. The van der Waals surface area contributed by atoms with Gasteiger partial charge in [-0.15, -0.1) is 6.58 Å². The molecular formula is C14H25NO4. The summed E-state index contributed by atoms with van der Waals surface area (Å²) >= 11 is 0. The number of carboxylic acid groups (broad SMARTS) is 1. The number of allylic oxidation sites excluding steroid dienone is 1. The highest BCUT2D eigenvalue weighted by Gasteiger charge is 2.24. The Bertz CT molecular complexity index is 323. The number of ether oxygens (including phenoxy) is 1. The maximum Gasteiger partial charge on any atom is 0.407 e. The van der Waals surface area contributed by atoms with Gasteiger partial charge in [-0.3, -0.25) is 0 Å². The molecule has 0 saturated heterocycles. The van der Waals surface area contributed by atoms with Gasteiger partial charge in [0.2, 0.25) is 0 Å². The Hall–Kier alpha value is -1.52. The number of alkyl carbamates (subject to hydrolysis) is 1. The maximum absolute atomic E-state index is 11.5. The third-order valence-electron chi connectivity index (χ3n) is 2.91. The van der Waals surface area contributed by atoms with Crippen molar-refractivity contribution in [3.8, 4) is 0 Å². The second-order valence-corrected chi connectivity index (χ2v) is 5.75. The number of rotatable bonds is 8.